The summed E-state index contributed by atoms with van der Waals surface area (Å²) in [7, 11) is 1.95. The average molecular weight is 530 g/mol. The Morgan fingerprint density at radius 3 is 2.27 bits per heavy atom. The van der Waals surface area contributed by atoms with Crippen LogP contribution in [-0.2, 0) is 17.1 Å². The van der Waals surface area contributed by atoms with Crippen LogP contribution in [-0.4, -0.2) is 69.4 Å². The normalized spacial score (nSPS) is 13.1. The molecule has 3 aromatic heterocycles. The van der Waals surface area contributed by atoms with Crippen LogP contribution >= 0.6 is 0 Å². The Morgan fingerprint density at radius 1 is 1.00 bits per heavy atom. The number of benzene rings is 1. The van der Waals surface area contributed by atoms with E-state index in [0.29, 0.717) is 28.8 Å². The molecule has 0 spiro atoms. The lowest BCUT2D eigenvalue weighted by Gasteiger charge is -2.20. The summed E-state index contributed by atoms with van der Waals surface area (Å²) < 4.78 is 48.6. The van der Waals surface area contributed by atoms with E-state index in [-0.39, 0.29) is 17.5 Å². The maximum atomic E-state index is 13.4. The summed E-state index contributed by atoms with van der Waals surface area (Å²) in [6.45, 7) is 1.37. The van der Waals surface area contributed by atoms with Crippen LogP contribution in [0.3, 0.4) is 0 Å². The molecule has 0 fully saturated rings. The van der Waals surface area contributed by atoms with Gasteiger partial charge in [0.1, 0.15) is 34.2 Å². The second kappa shape index (κ2) is 10.4. The zero-order valence-corrected chi connectivity index (χ0v) is 21.7. The highest BCUT2D eigenvalue weighted by Gasteiger charge is 2.33. The van der Waals surface area contributed by atoms with Crippen LogP contribution in [0, 0.1) is 0 Å². The zero-order chi connectivity index (χ0) is 26.7. The second-order valence-electron chi connectivity index (χ2n) is 8.02. The molecule has 2 atom stereocenters. The number of pyridine rings is 1. The minimum Gasteiger partial charge on any atom is -0.494 e. The Kier molecular flexibility index (Phi) is 7.31. The quantitative estimate of drug-likeness (QED) is 0.311. The summed E-state index contributed by atoms with van der Waals surface area (Å²) in [5, 5.41) is 17.7. The minimum atomic E-state index is -4.20. The molecule has 13 nitrogen and oxygen atoms in total. The van der Waals surface area contributed by atoms with Gasteiger partial charge in [0.05, 0.1) is 33.4 Å². The van der Waals surface area contributed by atoms with Gasteiger partial charge < -0.3 is 23.9 Å². The smallest absolute Gasteiger partial charge is 0.243 e. The maximum Gasteiger partial charge on any atom is 0.243 e. The summed E-state index contributed by atoms with van der Waals surface area (Å²) in [4.78, 5) is 8.48. The SMILES string of the molecule is COc1cccc(-c2nnc(NS(=O)(=O)[C@@H](C)[C@@H](O)c3cn(C)cn3)n2-c2c(OC)cccc2OC)n1. The number of nitrogens with zero attached hydrogens (tertiary/aromatic N) is 6. The molecule has 0 saturated carbocycles. The van der Waals surface area contributed by atoms with E-state index in [0.717, 1.165) is 0 Å². The van der Waals surface area contributed by atoms with Gasteiger partial charge in [-0.05, 0) is 25.1 Å². The molecule has 0 unspecified atom stereocenters. The van der Waals surface area contributed by atoms with Crippen molar-refractivity contribution in [3.63, 3.8) is 0 Å². The first kappa shape index (κ1) is 25.9. The van der Waals surface area contributed by atoms with Gasteiger partial charge >= 0.3 is 0 Å². The molecule has 0 aliphatic rings. The van der Waals surface area contributed by atoms with Crippen LogP contribution in [0.5, 0.6) is 17.4 Å². The largest absolute Gasteiger partial charge is 0.494 e. The van der Waals surface area contributed by atoms with Gasteiger partial charge in [0, 0.05) is 19.3 Å². The Morgan fingerprint density at radius 2 is 1.68 bits per heavy atom. The second-order valence-corrected chi connectivity index (χ2v) is 10.1. The van der Waals surface area contributed by atoms with Crippen LogP contribution in [0.15, 0.2) is 48.9 Å². The third-order valence-corrected chi connectivity index (χ3v) is 7.35. The fourth-order valence-electron chi connectivity index (χ4n) is 3.65. The number of methoxy groups -OCH3 is 3. The number of rotatable bonds is 10. The number of aryl methyl sites for hydroxylation is 1. The fourth-order valence-corrected chi connectivity index (χ4v) is 4.70. The number of hydrogen-bond donors (Lipinski definition) is 2. The van der Waals surface area contributed by atoms with Crippen LogP contribution < -0.4 is 18.9 Å². The van der Waals surface area contributed by atoms with E-state index in [2.05, 4.69) is 24.9 Å². The van der Waals surface area contributed by atoms with Crippen molar-refractivity contribution in [1.82, 2.24) is 29.3 Å². The predicted molar refractivity (Wildman–Crippen MR) is 134 cm³/mol. The van der Waals surface area contributed by atoms with Crippen LogP contribution in [0.2, 0.25) is 0 Å². The van der Waals surface area contributed by atoms with Crippen molar-refractivity contribution in [3.8, 4) is 34.6 Å². The van der Waals surface area contributed by atoms with Gasteiger partial charge in [-0.2, -0.15) is 0 Å². The van der Waals surface area contributed by atoms with Crippen LogP contribution in [0.1, 0.15) is 18.7 Å². The maximum absolute atomic E-state index is 13.4. The van der Waals surface area contributed by atoms with Crippen molar-refractivity contribution in [2.75, 3.05) is 26.1 Å². The number of imidazole rings is 1. The fraction of sp³-hybridized carbons (Fsp3) is 0.304. The highest BCUT2D eigenvalue weighted by atomic mass is 32.2. The van der Waals surface area contributed by atoms with Crippen molar-refractivity contribution < 1.29 is 27.7 Å². The standard InChI is InChI=1S/C23H27N7O6S/c1-14(21(31)16-12-29(2)13-24-16)37(32,33)28-23-27-26-22(15-8-6-11-19(25-15)36-5)30(23)20-17(34-3)9-7-10-18(20)35-4/h6-14,21,31H,1-5H3,(H,27,28)/t14-,21+/m0/s1. The van der Waals surface area contributed by atoms with Crippen molar-refractivity contribution in [1.29, 1.82) is 0 Å². The van der Waals surface area contributed by atoms with Gasteiger partial charge in [0.2, 0.25) is 21.9 Å². The number of ether oxygens (including phenoxy) is 3. The number of aliphatic hydroxyl groups is 1. The van der Waals surface area contributed by atoms with Gasteiger partial charge in [-0.3, -0.25) is 9.29 Å². The number of aliphatic hydroxyl groups excluding tert-OH is 1. The van der Waals surface area contributed by atoms with E-state index in [9.17, 15) is 13.5 Å². The molecule has 4 rings (SSSR count). The first-order chi connectivity index (χ1) is 17.7. The monoisotopic (exact) mass is 529 g/mol. The molecular formula is C23H27N7O6S. The molecular weight excluding hydrogens is 502 g/mol. The van der Waals surface area contributed by atoms with E-state index in [4.69, 9.17) is 14.2 Å². The summed E-state index contributed by atoms with van der Waals surface area (Å²) in [6, 6.07) is 10.2. The Hall–Kier alpha value is -4.17. The van der Waals surface area contributed by atoms with Gasteiger partial charge in [-0.15, -0.1) is 10.2 Å². The summed E-state index contributed by atoms with van der Waals surface area (Å²) >= 11 is 0. The molecule has 0 aliphatic carbocycles. The van der Waals surface area contributed by atoms with Gasteiger partial charge in [-0.1, -0.05) is 12.1 Å². The summed E-state index contributed by atoms with van der Waals surface area (Å²) in [5.41, 5.74) is 0.911. The highest BCUT2D eigenvalue weighted by Crippen LogP contribution is 2.38. The lowest BCUT2D eigenvalue weighted by atomic mass is 10.2. The molecule has 3 heterocycles. The molecule has 0 saturated heterocycles. The van der Waals surface area contributed by atoms with Crippen molar-refractivity contribution in [2.45, 2.75) is 18.3 Å². The van der Waals surface area contributed by atoms with Gasteiger partial charge in [-0.25, -0.2) is 18.4 Å². The van der Waals surface area contributed by atoms with E-state index < -0.39 is 21.4 Å². The van der Waals surface area contributed by atoms with E-state index in [1.54, 1.807) is 54.2 Å². The molecule has 4 aromatic rings. The number of hydrogen-bond acceptors (Lipinski definition) is 10. The van der Waals surface area contributed by atoms with Crippen molar-refractivity contribution in [3.05, 3.63) is 54.6 Å². The Labute approximate surface area is 213 Å². The molecule has 14 heteroatoms. The molecule has 37 heavy (non-hydrogen) atoms. The van der Waals surface area contributed by atoms with Crippen LogP contribution in [0.25, 0.3) is 17.2 Å². The van der Waals surface area contributed by atoms with E-state index >= 15 is 0 Å². The van der Waals surface area contributed by atoms with E-state index in [1.165, 1.54) is 39.1 Å². The molecule has 0 amide bonds. The average Bonchev–Trinajstić information content (AvgIpc) is 3.52. The number of anilines is 1. The highest BCUT2D eigenvalue weighted by molar-refractivity contribution is 7.93. The lowest BCUT2D eigenvalue weighted by Crippen LogP contribution is -2.32. The molecule has 0 aliphatic heterocycles. The predicted octanol–water partition coefficient (Wildman–Crippen LogP) is 1.95. The van der Waals surface area contributed by atoms with E-state index in [1.807, 2.05) is 0 Å². The van der Waals surface area contributed by atoms with Crippen molar-refractivity contribution >= 4 is 16.0 Å². The molecule has 0 radical (unpaired) electrons. The zero-order valence-electron chi connectivity index (χ0n) is 20.9. The van der Waals surface area contributed by atoms with Gasteiger partial charge in [0.25, 0.3) is 0 Å². The third kappa shape index (κ3) is 5.06. The summed E-state index contributed by atoms with van der Waals surface area (Å²) in [6.07, 6.45) is 1.63. The third-order valence-electron chi connectivity index (χ3n) is 5.65. The van der Waals surface area contributed by atoms with Crippen LogP contribution in [0.4, 0.5) is 5.95 Å². The number of sulfonamides is 1. The summed E-state index contributed by atoms with van der Waals surface area (Å²) in [5.74, 6) is 1.09. The number of aromatic nitrogens is 6. The molecule has 0 bridgehead atoms. The Bertz CT molecular complexity index is 1480. The van der Waals surface area contributed by atoms with Crippen molar-refractivity contribution in [2.24, 2.45) is 7.05 Å². The molecule has 196 valence electrons. The first-order valence-electron chi connectivity index (χ1n) is 11.1. The minimum absolute atomic E-state index is 0.164. The lowest BCUT2D eigenvalue weighted by molar-refractivity contribution is 0.172. The Balaban J connectivity index is 1.85. The first-order valence-corrected chi connectivity index (χ1v) is 12.6. The number of para-hydroxylation sites is 1. The van der Waals surface area contributed by atoms with Gasteiger partial charge in [0.15, 0.2) is 5.82 Å². The number of nitrogens with one attached hydrogen (secondary N) is 1. The topological polar surface area (TPSA) is 156 Å². The molecule has 1 aromatic carbocycles. The molecule has 2 N–H and O–H groups in total.